The standard InChI is InChI=1S/C19H18N2O2S/c22-18-7-8-24-11-17(21-18)19(23)20-14-5-6-16-13(10-14)9-12-3-1-2-4-15(12)16/h1-6,10,17H,7-9,11H2,(H,20,23)(H,21,22). The van der Waals surface area contributed by atoms with Gasteiger partial charge in [-0.1, -0.05) is 30.3 Å². The number of benzene rings is 2. The molecule has 0 aromatic heterocycles. The normalized spacial score (nSPS) is 19.0. The molecule has 2 aromatic carbocycles. The SMILES string of the molecule is O=C1CCSCC(C(=O)Nc2ccc3c(c2)Cc2ccccc2-3)N1. The van der Waals surface area contributed by atoms with Gasteiger partial charge in [-0.2, -0.15) is 11.8 Å². The van der Waals surface area contributed by atoms with E-state index in [0.29, 0.717) is 12.2 Å². The second-order valence-corrected chi connectivity index (χ2v) is 7.29. The molecule has 24 heavy (non-hydrogen) atoms. The van der Waals surface area contributed by atoms with Crippen LogP contribution in [0.5, 0.6) is 0 Å². The van der Waals surface area contributed by atoms with Crippen molar-refractivity contribution in [3.8, 4) is 11.1 Å². The summed E-state index contributed by atoms with van der Waals surface area (Å²) >= 11 is 1.63. The fraction of sp³-hybridized carbons (Fsp3) is 0.263. The zero-order valence-corrected chi connectivity index (χ0v) is 14.0. The van der Waals surface area contributed by atoms with Gasteiger partial charge in [-0.25, -0.2) is 0 Å². The lowest BCUT2D eigenvalue weighted by Crippen LogP contribution is -2.44. The molecule has 122 valence electrons. The zero-order chi connectivity index (χ0) is 16.5. The summed E-state index contributed by atoms with van der Waals surface area (Å²) in [5.74, 6) is 1.19. The number of amides is 2. The third-order valence-corrected chi connectivity index (χ3v) is 5.53. The van der Waals surface area contributed by atoms with Crippen molar-refractivity contribution in [3.05, 3.63) is 53.6 Å². The molecule has 1 heterocycles. The van der Waals surface area contributed by atoms with Crippen LogP contribution in [-0.4, -0.2) is 29.4 Å². The van der Waals surface area contributed by atoms with E-state index in [1.165, 1.54) is 22.3 Å². The van der Waals surface area contributed by atoms with E-state index < -0.39 is 6.04 Å². The van der Waals surface area contributed by atoms with E-state index in [9.17, 15) is 9.59 Å². The van der Waals surface area contributed by atoms with E-state index in [-0.39, 0.29) is 11.8 Å². The smallest absolute Gasteiger partial charge is 0.247 e. The molecular formula is C19H18N2O2S. The first kappa shape index (κ1) is 15.3. The lowest BCUT2D eigenvalue weighted by molar-refractivity contribution is -0.125. The molecule has 0 saturated carbocycles. The third kappa shape index (κ3) is 2.91. The van der Waals surface area contributed by atoms with E-state index in [1.54, 1.807) is 11.8 Å². The minimum atomic E-state index is -0.463. The molecule has 1 unspecified atom stereocenters. The molecule has 1 aliphatic heterocycles. The molecule has 1 atom stereocenters. The first-order valence-electron chi connectivity index (χ1n) is 8.10. The highest BCUT2D eigenvalue weighted by Crippen LogP contribution is 2.37. The first-order valence-corrected chi connectivity index (χ1v) is 9.25. The fourth-order valence-electron chi connectivity index (χ4n) is 3.27. The van der Waals surface area contributed by atoms with E-state index >= 15 is 0 Å². The molecule has 2 N–H and O–H groups in total. The topological polar surface area (TPSA) is 58.2 Å². The Hall–Kier alpha value is -2.27. The number of carbonyl (C=O) groups excluding carboxylic acids is 2. The number of carbonyl (C=O) groups is 2. The molecule has 2 aliphatic rings. The van der Waals surface area contributed by atoms with Gasteiger partial charge in [0, 0.05) is 23.6 Å². The van der Waals surface area contributed by atoms with Gasteiger partial charge in [0.25, 0.3) is 0 Å². The van der Waals surface area contributed by atoms with E-state index in [4.69, 9.17) is 0 Å². The summed E-state index contributed by atoms with van der Waals surface area (Å²) in [6.45, 7) is 0. The number of hydrogen-bond donors (Lipinski definition) is 2. The Morgan fingerprint density at radius 1 is 1.12 bits per heavy atom. The number of hydrogen-bond acceptors (Lipinski definition) is 3. The molecule has 2 aromatic rings. The minimum Gasteiger partial charge on any atom is -0.343 e. The van der Waals surface area contributed by atoms with Crippen LogP contribution in [0.15, 0.2) is 42.5 Å². The van der Waals surface area contributed by atoms with Gasteiger partial charge in [0.15, 0.2) is 0 Å². The Labute approximate surface area is 145 Å². The van der Waals surface area contributed by atoms with Crippen LogP contribution in [-0.2, 0) is 16.0 Å². The van der Waals surface area contributed by atoms with Crippen molar-refractivity contribution >= 4 is 29.3 Å². The number of nitrogens with one attached hydrogen (secondary N) is 2. The maximum absolute atomic E-state index is 12.4. The van der Waals surface area contributed by atoms with Crippen LogP contribution < -0.4 is 10.6 Å². The highest BCUT2D eigenvalue weighted by Gasteiger charge is 2.24. The van der Waals surface area contributed by atoms with Crippen molar-refractivity contribution in [2.45, 2.75) is 18.9 Å². The molecule has 1 fully saturated rings. The lowest BCUT2D eigenvalue weighted by Gasteiger charge is -2.15. The maximum atomic E-state index is 12.4. The summed E-state index contributed by atoms with van der Waals surface area (Å²) in [4.78, 5) is 24.1. The van der Waals surface area contributed by atoms with Gasteiger partial charge in [0.05, 0.1) is 0 Å². The molecule has 0 spiro atoms. The second kappa shape index (κ2) is 6.32. The fourth-order valence-corrected chi connectivity index (χ4v) is 4.23. The Bertz CT molecular complexity index is 819. The van der Waals surface area contributed by atoms with Crippen molar-refractivity contribution < 1.29 is 9.59 Å². The predicted octanol–water partition coefficient (Wildman–Crippen LogP) is 2.82. The highest BCUT2D eigenvalue weighted by atomic mass is 32.2. The Morgan fingerprint density at radius 3 is 2.88 bits per heavy atom. The summed E-state index contributed by atoms with van der Waals surface area (Å²) in [5.41, 5.74) is 5.85. The molecule has 0 bridgehead atoms. The van der Waals surface area contributed by atoms with Crippen molar-refractivity contribution in [2.24, 2.45) is 0 Å². The number of rotatable bonds is 2. The van der Waals surface area contributed by atoms with Gasteiger partial charge in [-0.05, 0) is 40.8 Å². The van der Waals surface area contributed by atoms with Gasteiger partial charge in [-0.3, -0.25) is 9.59 Å². The number of anilines is 1. The molecule has 4 rings (SSSR count). The molecular weight excluding hydrogens is 320 g/mol. The van der Waals surface area contributed by atoms with Gasteiger partial charge < -0.3 is 10.6 Å². The summed E-state index contributed by atoms with van der Waals surface area (Å²) in [7, 11) is 0. The summed E-state index contributed by atoms with van der Waals surface area (Å²) in [6, 6.07) is 14.0. The van der Waals surface area contributed by atoms with Crippen LogP contribution >= 0.6 is 11.8 Å². The van der Waals surface area contributed by atoms with Crippen molar-refractivity contribution in [2.75, 3.05) is 16.8 Å². The van der Waals surface area contributed by atoms with E-state index in [0.717, 1.165) is 17.9 Å². The molecule has 1 aliphatic carbocycles. The maximum Gasteiger partial charge on any atom is 0.247 e. The molecule has 4 nitrogen and oxygen atoms in total. The Kier molecular flexibility index (Phi) is 4.02. The third-order valence-electron chi connectivity index (χ3n) is 4.47. The number of fused-ring (bicyclic) bond motifs is 3. The monoisotopic (exact) mass is 338 g/mol. The predicted molar refractivity (Wildman–Crippen MR) is 97.2 cm³/mol. The average Bonchev–Trinajstić information content (AvgIpc) is 2.80. The van der Waals surface area contributed by atoms with Crippen LogP contribution in [0.25, 0.3) is 11.1 Å². The van der Waals surface area contributed by atoms with Crippen LogP contribution in [0.4, 0.5) is 5.69 Å². The summed E-state index contributed by atoms with van der Waals surface area (Å²) in [5, 5.41) is 5.74. The van der Waals surface area contributed by atoms with Crippen LogP contribution in [0.3, 0.4) is 0 Å². The summed E-state index contributed by atoms with van der Waals surface area (Å²) < 4.78 is 0. The zero-order valence-electron chi connectivity index (χ0n) is 13.2. The number of thioether (sulfide) groups is 1. The van der Waals surface area contributed by atoms with Crippen molar-refractivity contribution in [3.63, 3.8) is 0 Å². The van der Waals surface area contributed by atoms with Crippen LogP contribution in [0, 0.1) is 0 Å². The van der Waals surface area contributed by atoms with E-state index in [1.807, 2.05) is 12.1 Å². The van der Waals surface area contributed by atoms with Crippen molar-refractivity contribution in [1.29, 1.82) is 0 Å². The quantitative estimate of drug-likeness (QED) is 0.755. The van der Waals surface area contributed by atoms with Crippen molar-refractivity contribution in [1.82, 2.24) is 5.32 Å². The molecule has 1 saturated heterocycles. The Balaban J connectivity index is 1.51. The van der Waals surface area contributed by atoms with Gasteiger partial charge in [0.2, 0.25) is 11.8 Å². The lowest BCUT2D eigenvalue weighted by atomic mass is 10.1. The highest BCUT2D eigenvalue weighted by molar-refractivity contribution is 7.99. The van der Waals surface area contributed by atoms with Gasteiger partial charge in [-0.15, -0.1) is 0 Å². The minimum absolute atomic E-state index is 0.0513. The van der Waals surface area contributed by atoms with Gasteiger partial charge in [0.1, 0.15) is 6.04 Å². The van der Waals surface area contributed by atoms with E-state index in [2.05, 4.69) is 41.0 Å². The molecule has 5 heteroatoms. The largest absolute Gasteiger partial charge is 0.343 e. The summed E-state index contributed by atoms with van der Waals surface area (Å²) in [6.07, 6.45) is 1.37. The Morgan fingerprint density at radius 2 is 1.96 bits per heavy atom. The van der Waals surface area contributed by atoms with Gasteiger partial charge >= 0.3 is 0 Å². The molecule has 2 amide bonds. The molecule has 0 radical (unpaired) electrons. The second-order valence-electron chi connectivity index (χ2n) is 6.14. The first-order chi connectivity index (χ1) is 11.7. The average molecular weight is 338 g/mol. The van der Waals surface area contributed by atoms with Crippen LogP contribution in [0.2, 0.25) is 0 Å². The van der Waals surface area contributed by atoms with Crippen LogP contribution in [0.1, 0.15) is 17.5 Å².